The van der Waals surface area contributed by atoms with Crippen LogP contribution in [0, 0.1) is 17.8 Å². The fourth-order valence-electron chi connectivity index (χ4n) is 6.95. The van der Waals surface area contributed by atoms with Crippen molar-refractivity contribution in [3.8, 4) is 5.75 Å². The van der Waals surface area contributed by atoms with E-state index in [1.165, 1.54) is 0 Å². The molecule has 2 aliphatic carbocycles. The van der Waals surface area contributed by atoms with Gasteiger partial charge in [-0.15, -0.1) is 0 Å². The van der Waals surface area contributed by atoms with Crippen LogP contribution in [-0.4, -0.2) is 59.1 Å². The van der Waals surface area contributed by atoms with E-state index in [1.807, 2.05) is 6.92 Å². The molecule has 1 aliphatic heterocycles. The molecular weight excluding hydrogens is 720 g/mol. The van der Waals surface area contributed by atoms with Gasteiger partial charge in [0.1, 0.15) is 12.2 Å². The van der Waals surface area contributed by atoms with Crippen molar-refractivity contribution in [1.29, 1.82) is 0 Å². The predicted molar refractivity (Wildman–Crippen MR) is 212 cm³/mol. The van der Waals surface area contributed by atoms with Gasteiger partial charge in [0.25, 0.3) is 0 Å². The summed E-state index contributed by atoms with van der Waals surface area (Å²) in [5.74, 6) is -0.0200. The first-order valence-corrected chi connectivity index (χ1v) is 25.4. The van der Waals surface area contributed by atoms with E-state index in [9.17, 15) is 9.59 Å². The minimum atomic E-state index is -2.14. The standard InChI is InChI=1S/C40H62Cl2O7Si2/c1-13-33(46-37-31(41)15-14-16-32(37)42)38(44)47-34-23-28(48-50(9,10)39(3,4)5)21-26-18-17-25(2)30(36(26)34)20-19-27-22-29(24-35(43)45-27)49-51(11,12)40(6,7)8/h14-18,21,25,27-30,33-34,36H,13,19-20,22-24H2,1-12H3/t25-,27+,28+,29+,30-,33?,34-,36-/m0/s1. The van der Waals surface area contributed by atoms with Crippen LogP contribution in [-0.2, 0) is 27.9 Å². The molecular formula is C40H62Cl2O7Si2. The zero-order chi connectivity index (χ0) is 38.1. The summed E-state index contributed by atoms with van der Waals surface area (Å²) in [6.45, 7) is 26.4. The number of fused-ring (bicyclic) bond motifs is 1. The number of ether oxygens (including phenoxy) is 3. The molecule has 8 atom stereocenters. The van der Waals surface area contributed by atoms with Crippen LogP contribution in [0.3, 0.4) is 0 Å². The summed E-state index contributed by atoms with van der Waals surface area (Å²) in [5.41, 5.74) is 1.13. The highest BCUT2D eigenvalue weighted by Crippen LogP contribution is 2.47. The lowest BCUT2D eigenvalue weighted by Crippen LogP contribution is -2.49. The molecule has 1 unspecified atom stereocenters. The van der Waals surface area contributed by atoms with Crippen molar-refractivity contribution in [2.75, 3.05) is 0 Å². The van der Waals surface area contributed by atoms with Gasteiger partial charge in [0.05, 0.1) is 28.7 Å². The molecule has 4 rings (SSSR count). The summed E-state index contributed by atoms with van der Waals surface area (Å²) in [6, 6.07) is 5.12. The Morgan fingerprint density at radius 3 is 2.16 bits per heavy atom. The normalized spacial score (nSPS) is 28.0. The van der Waals surface area contributed by atoms with Crippen LogP contribution in [0.25, 0.3) is 0 Å². The second-order valence-electron chi connectivity index (χ2n) is 17.9. The lowest BCUT2D eigenvalue weighted by Gasteiger charge is -2.46. The Bertz CT molecular complexity index is 1440. The van der Waals surface area contributed by atoms with Crippen LogP contribution in [0.1, 0.15) is 93.9 Å². The lowest BCUT2D eigenvalue weighted by atomic mass is 9.66. The number of cyclic esters (lactones) is 1. The first-order chi connectivity index (χ1) is 23.5. The molecule has 0 aromatic heterocycles. The number of carbonyl (C=O) groups excluding carboxylic acids is 2. The Balaban J connectivity index is 1.58. The summed E-state index contributed by atoms with van der Waals surface area (Å²) in [4.78, 5) is 26.8. The molecule has 0 saturated carbocycles. The number of hydrogen-bond acceptors (Lipinski definition) is 7. The number of para-hydroxylation sites is 1. The van der Waals surface area contributed by atoms with Crippen molar-refractivity contribution in [3.05, 3.63) is 52.0 Å². The fraction of sp³-hybridized carbons (Fsp3) is 0.700. The van der Waals surface area contributed by atoms with Crippen LogP contribution in [0.2, 0.25) is 46.3 Å². The summed E-state index contributed by atoms with van der Waals surface area (Å²) < 4.78 is 32.2. The Labute approximate surface area is 319 Å². The molecule has 11 heteroatoms. The minimum absolute atomic E-state index is 0.0208. The van der Waals surface area contributed by atoms with Crippen LogP contribution in [0.4, 0.5) is 0 Å². The number of halogens is 2. The van der Waals surface area contributed by atoms with Crippen LogP contribution in [0.5, 0.6) is 5.75 Å². The fourth-order valence-corrected chi connectivity index (χ4v) is 10.1. The van der Waals surface area contributed by atoms with E-state index in [1.54, 1.807) is 18.2 Å². The molecule has 0 spiro atoms. The van der Waals surface area contributed by atoms with Crippen molar-refractivity contribution in [2.45, 2.75) is 161 Å². The zero-order valence-electron chi connectivity index (χ0n) is 32.9. The molecule has 1 aromatic rings. The maximum absolute atomic E-state index is 14.0. The monoisotopic (exact) mass is 780 g/mol. The maximum atomic E-state index is 14.0. The van der Waals surface area contributed by atoms with Gasteiger partial charge in [-0.1, -0.05) is 103 Å². The summed E-state index contributed by atoms with van der Waals surface area (Å²) >= 11 is 12.8. The third-order valence-corrected chi connectivity index (χ3v) is 21.6. The van der Waals surface area contributed by atoms with Gasteiger partial charge in [0.2, 0.25) is 0 Å². The smallest absolute Gasteiger partial charge is 0.347 e. The molecule has 1 fully saturated rings. The molecule has 0 radical (unpaired) electrons. The number of esters is 2. The van der Waals surface area contributed by atoms with Crippen molar-refractivity contribution in [2.24, 2.45) is 17.8 Å². The number of allylic oxidation sites excluding steroid dienone is 2. The maximum Gasteiger partial charge on any atom is 0.347 e. The topological polar surface area (TPSA) is 80.3 Å². The first-order valence-electron chi connectivity index (χ1n) is 18.8. The number of carbonyl (C=O) groups is 2. The molecule has 286 valence electrons. The summed E-state index contributed by atoms with van der Waals surface area (Å²) in [6.07, 6.45) is 8.29. The Hall–Kier alpha value is -1.63. The van der Waals surface area contributed by atoms with E-state index >= 15 is 0 Å². The van der Waals surface area contributed by atoms with E-state index in [-0.39, 0.29) is 57.9 Å². The molecule has 7 nitrogen and oxygen atoms in total. The van der Waals surface area contributed by atoms with Gasteiger partial charge in [-0.25, -0.2) is 4.79 Å². The van der Waals surface area contributed by atoms with Gasteiger partial charge in [0, 0.05) is 18.8 Å². The van der Waals surface area contributed by atoms with Gasteiger partial charge in [0.15, 0.2) is 28.5 Å². The Morgan fingerprint density at radius 1 is 0.961 bits per heavy atom. The van der Waals surface area contributed by atoms with Gasteiger partial charge in [-0.3, -0.25) is 4.79 Å². The van der Waals surface area contributed by atoms with Gasteiger partial charge >= 0.3 is 11.9 Å². The quantitative estimate of drug-likeness (QED) is 0.154. The molecule has 1 aromatic carbocycles. The summed E-state index contributed by atoms with van der Waals surface area (Å²) in [5, 5.41) is 0.752. The molecule has 3 aliphatic rings. The minimum Gasteiger partial charge on any atom is -0.476 e. The average molecular weight is 782 g/mol. The highest BCUT2D eigenvalue weighted by molar-refractivity contribution is 6.74. The largest absolute Gasteiger partial charge is 0.476 e. The zero-order valence-corrected chi connectivity index (χ0v) is 36.5. The molecule has 1 saturated heterocycles. The third kappa shape index (κ3) is 10.3. The van der Waals surface area contributed by atoms with Crippen molar-refractivity contribution in [3.63, 3.8) is 0 Å². The lowest BCUT2D eigenvalue weighted by molar-refractivity contribution is -0.164. The van der Waals surface area contributed by atoms with Gasteiger partial charge in [-0.2, -0.15) is 0 Å². The van der Waals surface area contributed by atoms with E-state index in [4.69, 9.17) is 46.3 Å². The molecule has 0 amide bonds. The Morgan fingerprint density at radius 2 is 1.57 bits per heavy atom. The van der Waals surface area contributed by atoms with Crippen molar-refractivity contribution in [1.82, 2.24) is 0 Å². The second kappa shape index (κ2) is 16.4. The number of hydrogen-bond donors (Lipinski definition) is 0. The van der Waals surface area contributed by atoms with E-state index in [0.29, 0.717) is 42.1 Å². The molecule has 0 N–H and O–H groups in total. The molecule has 0 bridgehead atoms. The third-order valence-electron chi connectivity index (χ3n) is 12.0. The highest BCUT2D eigenvalue weighted by atomic mass is 35.5. The van der Waals surface area contributed by atoms with E-state index in [0.717, 1.165) is 12.0 Å². The van der Waals surface area contributed by atoms with E-state index in [2.05, 4.69) is 92.9 Å². The average Bonchev–Trinajstić information content (AvgIpc) is 2.98. The first kappa shape index (κ1) is 42.1. The van der Waals surface area contributed by atoms with Crippen molar-refractivity contribution < 1.29 is 32.7 Å². The molecule has 51 heavy (non-hydrogen) atoms. The van der Waals surface area contributed by atoms with Crippen LogP contribution >= 0.6 is 23.2 Å². The highest BCUT2D eigenvalue weighted by Gasteiger charge is 2.47. The predicted octanol–water partition coefficient (Wildman–Crippen LogP) is 11.1. The Kier molecular flexibility index (Phi) is 13.5. The second-order valence-corrected chi connectivity index (χ2v) is 28.2. The van der Waals surface area contributed by atoms with Crippen LogP contribution in [0.15, 0.2) is 42.0 Å². The number of rotatable bonds is 12. The van der Waals surface area contributed by atoms with E-state index < -0.39 is 34.8 Å². The van der Waals surface area contributed by atoms with Gasteiger partial charge < -0.3 is 23.1 Å². The van der Waals surface area contributed by atoms with Crippen LogP contribution < -0.4 is 4.74 Å². The number of benzene rings is 1. The summed E-state index contributed by atoms with van der Waals surface area (Å²) in [7, 11) is -4.19. The molecule has 1 heterocycles. The SMILES string of the molecule is CCC(Oc1c(Cl)cccc1Cl)C(=O)O[C@H]1C[C@H](O[Si](C)(C)C(C)(C)C)C=C2C=C[C@H](C)[C@H](CC[C@@H]3C[C@@H](O[Si](C)(C)C(C)(C)C)CC(=O)O3)[C@H]21. The van der Waals surface area contributed by atoms with Gasteiger partial charge in [-0.05, 0) is 85.1 Å². The van der Waals surface area contributed by atoms with Crippen molar-refractivity contribution >= 4 is 51.8 Å².